The standard InChI is InChI=1S/C16H22N2O2/c17-13-7-5-11(6-8-13)16(19)18-10-14-9-12-3-1-2-4-15(12)20-14/h1-4,11,13-14H,5-10,17H2,(H,18,19). The molecular formula is C16H22N2O2. The molecular weight excluding hydrogens is 252 g/mol. The van der Waals surface area contributed by atoms with Gasteiger partial charge in [-0.2, -0.15) is 0 Å². The number of nitrogens with one attached hydrogen (secondary N) is 1. The molecule has 3 rings (SSSR count). The molecule has 2 aliphatic rings. The summed E-state index contributed by atoms with van der Waals surface area (Å²) < 4.78 is 5.83. The van der Waals surface area contributed by atoms with Gasteiger partial charge in [0.2, 0.25) is 5.91 Å². The summed E-state index contributed by atoms with van der Waals surface area (Å²) in [5.74, 6) is 1.26. The molecule has 1 aliphatic carbocycles. The molecule has 3 N–H and O–H groups in total. The summed E-state index contributed by atoms with van der Waals surface area (Å²) in [6.07, 6.45) is 4.71. The number of amides is 1. The van der Waals surface area contributed by atoms with Crippen molar-refractivity contribution >= 4 is 5.91 Å². The van der Waals surface area contributed by atoms with E-state index >= 15 is 0 Å². The van der Waals surface area contributed by atoms with Crippen LogP contribution in [0.25, 0.3) is 0 Å². The third kappa shape index (κ3) is 2.96. The van der Waals surface area contributed by atoms with Crippen LogP contribution >= 0.6 is 0 Å². The Balaban J connectivity index is 1.45. The lowest BCUT2D eigenvalue weighted by Gasteiger charge is -2.25. The van der Waals surface area contributed by atoms with E-state index in [0.717, 1.165) is 37.9 Å². The van der Waals surface area contributed by atoms with Crippen LogP contribution in [0.3, 0.4) is 0 Å². The Morgan fingerprint density at radius 2 is 2.00 bits per heavy atom. The molecule has 4 nitrogen and oxygen atoms in total. The Labute approximate surface area is 119 Å². The van der Waals surface area contributed by atoms with E-state index in [1.165, 1.54) is 5.56 Å². The number of carbonyl (C=O) groups is 1. The first-order valence-electron chi connectivity index (χ1n) is 7.50. The van der Waals surface area contributed by atoms with Gasteiger partial charge < -0.3 is 15.8 Å². The number of fused-ring (bicyclic) bond motifs is 1. The van der Waals surface area contributed by atoms with Crippen LogP contribution in [0.1, 0.15) is 31.2 Å². The Morgan fingerprint density at radius 1 is 1.25 bits per heavy atom. The molecule has 0 spiro atoms. The van der Waals surface area contributed by atoms with Crippen molar-refractivity contribution in [1.29, 1.82) is 0 Å². The number of benzene rings is 1. The van der Waals surface area contributed by atoms with Crippen molar-refractivity contribution in [2.75, 3.05) is 6.54 Å². The first kappa shape index (κ1) is 13.4. The van der Waals surface area contributed by atoms with Crippen molar-refractivity contribution in [2.24, 2.45) is 11.7 Å². The molecule has 1 aromatic carbocycles. The molecule has 1 unspecified atom stereocenters. The molecule has 1 atom stereocenters. The fourth-order valence-corrected chi connectivity index (χ4v) is 3.11. The molecule has 1 saturated carbocycles. The van der Waals surface area contributed by atoms with Crippen LogP contribution < -0.4 is 15.8 Å². The summed E-state index contributed by atoms with van der Waals surface area (Å²) in [6, 6.07) is 8.35. The normalized spacial score (nSPS) is 28.6. The molecule has 1 aliphatic heterocycles. The number of rotatable bonds is 3. The minimum atomic E-state index is 0.0715. The lowest BCUT2D eigenvalue weighted by atomic mass is 9.86. The zero-order chi connectivity index (χ0) is 13.9. The van der Waals surface area contributed by atoms with Crippen molar-refractivity contribution < 1.29 is 9.53 Å². The minimum Gasteiger partial charge on any atom is -0.488 e. The highest BCUT2D eigenvalue weighted by molar-refractivity contribution is 5.78. The van der Waals surface area contributed by atoms with Gasteiger partial charge in [-0.1, -0.05) is 18.2 Å². The molecule has 20 heavy (non-hydrogen) atoms. The van der Waals surface area contributed by atoms with E-state index < -0.39 is 0 Å². The van der Waals surface area contributed by atoms with Gasteiger partial charge in [-0.25, -0.2) is 0 Å². The Kier molecular flexibility index (Phi) is 3.92. The van der Waals surface area contributed by atoms with E-state index in [2.05, 4.69) is 11.4 Å². The second-order valence-corrected chi connectivity index (χ2v) is 5.91. The van der Waals surface area contributed by atoms with Crippen LogP contribution in [0.2, 0.25) is 0 Å². The van der Waals surface area contributed by atoms with E-state index in [9.17, 15) is 4.79 Å². The molecule has 1 fully saturated rings. The quantitative estimate of drug-likeness (QED) is 0.880. The third-order valence-electron chi connectivity index (χ3n) is 4.36. The highest BCUT2D eigenvalue weighted by Gasteiger charge is 2.27. The van der Waals surface area contributed by atoms with Gasteiger partial charge in [0.25, 0.3) is 0 Å². The van der Waals surface area contributed by atoms with E-state index in [0.29, 0.717) is 6.54 Å². The molecule has 1 amide bonds. The lowest BCUT2D eigenvalue weighted by molar-refractivity contribution is -0.126. The maximum absolute atomic E-state index is 12.1. The van der Waals surface area contributed by atoms with E-state index in [-0.39, 0.29) is 24.0 Å². The first-order chi connectivity index (χ1) is 9.72. The third-order valence-corrected chi connectivity index (χ3v) is 4.36. The van der Waals surface area contributed by atoms with Gasteiger partial charge in [-0.05, 0) is 37.3 Å². The number of ether oxygens (including phenoxy) is 1. The maximum atomic E-state index is 12.1. The van der Waals surface area contributed by atoms with Crippen molar-refractivity contribution in [1.82, 2.24) is 5.32 Å². The Hall–Kier alpha value is -1.55. The molecule has 0 aromatic heterocycles. The average Bonchev–Trinajstić information content (AvgIpc) is 2.88. The molecule has 108 valence electrons. The van der Waals surface area contributed by atoms with Gasteiger partial charge in [0.1, 0.15) is 11.9 Å². The number of hydrogen-bond acceptors (Lipinski definition) is 3. The second kappa shape index (κ2) is 5.83. The SMILES string of the molecule is NC1CCC(C(=O)NCC2Cc3ccccc3O2)CC1. The van der Waals surface area contributed by atoms with Crippen LogP contribution in [0.4, 0.5) is 0 Å². The number of hydrogen-bond donors (Lipinski definition) is 2. The maximum Gasteiger partial charge on any atom is 0.223 e. The summed E-state index contributed by atoms with van der Waals surface area (Å²) in [4.78, 5) is 12.1. The van der Waals surface area contributed by atoms with E-state index in [1.807, 2.05) is 18.2 Å². The molecule has 4 heteroatoms. The topological polar surface area (TPSA) is 64.4 Å². The molecule has 0 bridgehead atoms. The van der Waals surface area contributed by atoms with Gasteiger partial charge in [0.05, 0.1) is 6.54 Å². The number of para-hydroxylation sites is 1. The van der Waals surface area contributed by atoms with Crippen LogP contribution in [0, 0.1) is 5.92 Å². The van der Waals surface area contributed by atoms with Gasteiger partial charge in [0.15, 0.2) is 0 Å². The van der Waals surface area contributed by atoms with Crippen LogP contribution in [0.5, 0.6) is 5.75 Å². The average molecular weight is 274 g/mol. The van der Waals surface area contributed by atoms with Crippen LogP contribution in [-0.2, 0) is 11.2 Å². The molecule has 1 heterocycles. The minimum absolute atomic E-state index is 0.0715. The number of nitrogens with two attached hydrogens (primary N) is 1. The zero-order valence-electron chi connectivity index (χ0n) is 11.7. The highest BCUT2D eigenvalue weighted by atomic mass is 16.5. The van der Waals surface area contributed by atoms with Gasteiger partial charge >= 0.3 is 0 Å². The van der Waals surface area contributed by atoms with Crippen LogP contribution in [0.15, 0.2) is 24.3 Å². The molecule has 0 saturated heterocycles. The van der Waals surface area contributed by atoms with Crippen molar-refractivity contribution in [3.05, 3.63) is 29.8 Å². The van der Waals surface area contributed by atoms with E-state index in [4.69, 9.17) is 10.5 Å². The number of carbonyl (C=O) groups excluding carboxylic acids is 1. The smallest absolute Gasteiger partial charge is 0.223 e. The van der Waals surface area contributed by atoms with Crippen molar-refractivity contribution in [3.63, 3.8) is 0 Å². The lowest BCUT2D eigenvalue weighted by Crippen LogP contribution is -2.40. The predicted octanol–water partition coefficient (Wildman–Crippen LogP) is 1.62. The van der Waals surface area contributed by atoms with Gasteiger partial charge in [0, 0.05) is 18.4 Å². The summed E-state index contributed by atoms with van der Waals surface area (Å²) in [5.41, 5.74) is 7.10. The Morgan fingerprint density at radius 3 is 2.75 bits per heavy atom. The highest BCUT2D eigenvalue weighted by Crippen LogP contribution is 2.28. The summed E-state index contributed by atoms with van der Waals surface area (Å²) in [6.45, 7) is 0.593. The zero-order valence-corrected chi connectivity index (χ0v) is 11.7. The molecule has 1 aromatic rings. The Bertz CT molecular complexity index is 456. The largest absolute Gasteiger partial charge is 0.488 e. The first-order valence-corrected chi connectivity index (χ1v) is 7.50. The van der Waals surface area contributed by atoms with Gasteiger partial charge in [-0.15, -0.1) is 0 Å². The summed E-state index contributed by atoms with van der Waals surface area (Å²) in [7, 11) is 0. The molecule has 0 radical (unpaired) electrons. The fourth-order valence-electron chi connectivity index (χ4n) is 3.11. The summed E-state index contributed by atoms with van der Waals surface area (Å²) >= 11 is 0. The summed E-state index contributed by atoms with van der Waals surface area (Å²) in [5, 5.41) is 3.04. The van der Waals surface area contributed by atoms with E-state index in [1.54, 1.807) is 0 Å². The van der Waals surface area contributed by atoms with Crippen LogP contribution in [-0.4, -0.2) is 24.6 Å². The fraction of sp³-hybridized carbons (Fsp3) is 0.562. The predicted molar refractivity (Wildman–Crippen MR) is 77.5 cm³/mol. The van der Waals surface area contributed by atoms with Crippen molar-refractivity contribution in [3.8, 4) is 5.75 Å². The second-order valence-electron chi connectivity index (χ2n) is 5.91. The van der Waals surface area contributed by atoms with Gasteiger partial charge in [-0.3, -0.25) is 4.79 Å². The monoisotopic (exact) mass is 274 g/mol. The van der Waals surface area contributed by atoms with Crippen molar-refractivity contribution in [2.45, 2.75) is 44.2 Å².